The SMILES string of the molecule is C=CC1(CO[Si](C)(C)C(C)(C)C)CC1. The van der Waals surface area contributed by atoms with Crippen LogP contribution in [0.15, 0.2) is 12.7 Å². The maximum absolute atomic E-state index is 6.18. The molecule has 2 heteroatoms. The highest BCUT2D eigenvalue weighted by molar-refractivity contribution is 6.74. The molecule has 0 aromatic rings. The van der Waals surface area contributed by atoms with Crippen LogP contribution in [-0.2, 0) is 4.43 Å². The average Bonchev–Trinajstić information content (AvgIpc) is 2.80. The lowest BCUT2D eigenvalue weighted by molar-refractivity contribution is 0.241. The van der Waals surface area contributed by atoms with Gasteiger partial charge < -0.3 is 4.43 Å². The molecular formula is C12H24OSi. The zero-order valence-corrected chi connectivity index (χ0v) is 11.3. The van der Waals surface area contributed by atoms with Crippen LogP contribution in [0.5, 0.6) is 0 Å². The Balaban J connectivity index is 2.48. The van der Waals surface area contributed by atoms with Crippen molar-refractivity contribution in [2.45, 2.75) is 51.7 Å². The number of rotatable bonds is 4. The molecule has 0 aromatic heterocycles. The highest BCUT2D eigenvalue weighted by atomic mass is 28.4. The molecule has 0 bridgehead atoms. The van der Waals surface area contributed by atoms with E-state index in [-0.39, 0.29) is 0 Å². The fourth-order valence-corrected chi connectivity index (χ4v) is 2.19. The first-order chi connectivity index (χ1) is 6.22. The fourth-order valence-electron chi connectivity index (χ4n) is 1.11. The van der Waals surface area contributed by atoms with E-state index in [2.05, 4.69) is 46.5 Å². The van der Waals surface area contributed by atoms with E-state index in [9.17, 15) is 0 Å². The first-order valence-electron chi connectivity index (χ1n) is 5.50. The van der Waals surface area contributed by atoms with Gasteiger partial charge in [-0.15, -0.1) is 6.58 Å². The van der Waals surface area contributed by atoms with Gasteiger partial charge in [0.05, 0.1) is 0 Å². The van der Waals surface area contributed by atoms with E-state index in [0.29, 0.717) is 10.5 Å². The summed E-state index contributed by atoms with van der Waals surface area (Å²) in [5.41, 5.74) is 0.343. The summed E-state index contributed by atoms with van der Waals surface area (Å²) in [4.78, 5) is 0. The van der Waals surface area contributed by atoms with Gasteiger partial charge in [-0.2, -0.15) is 0 Å². The van der Waals surface area contributed by atoms with Crippen LogP contribution in [0.25, 0.3) is 0 Å². The molecule has 0 aromatic carbocycles. The van der Waals surface area contributed by atoms with Gasteiger partial charge in [-0.05, 0) is 31.0 Å². The van der Waals surface area contributed by atoms with E-state index in [1.165, 1.54) is 12.8 Å². The van der Waals surface area contributed by atoms with Gasteiger partial charge >= 0.3 is 0 Å². The lowest BCUT2D eigenvalue weighted by Gasteiger charge is -2.37. The third-order valence-electron chi connectivity index (χ3n) is 3.85. The first kappa shape index (κ1) is 12.0. The summed E-state index contributed by atoms with van der Waals surface area (Å²) in [7, 11) is -1.54. The predicted molar refractivity (Wildman–Crippen MR) is 65.0 cm³/mol. The normalized spacial score (nSPS) is 20.6. The van der Waals surface area contributed by atoms with Gasteiger partial charge in [0, 0.05) is 12.0 Å². The van der Waals surface area contributed by atoms with Crippen molar-refractivity contribution in [2.75, 3.05) is 6.61 Å². The number of hydrogen-bond donors (Lipinski definition) is 0. The summed E-state index contributed by atoms with van der Waals surface area (Å²) in [5.74, 6) is 0. The van der Waals surface area contributed by atoms with Gasteiger partial charge in [-0.1, -0.05) is 26.8 Å². The molecule has 1 saturated carbocycles. The van der Waals surface area contributed by atoms with Crippen molar-refractivity contribution in [3.63, 3.8) is 0 Å². The van der Waals surface area contributed by atoms with Crippen molar-refractivity contribution in [1.82, 2.24) is 0 Å². The molecular weight excluding hydrogens is 188 g/mol. The molecule has 0 spiro atoms. The summed E-state index contributed by atoms with van der Waals surface area (Å²) >= 11 is 0. The molecule has 0 N–H and O–H groups in total. The van der Waals surface area contributed by atoms with Crippen molar-refractivity contribution < 1.29 is 4.43 Å². The van der Waals surface area contributed by atoms with E-state index in [1.54, 1.807) is 0 Å². The molecule has 0 atom stereocenters. The summed E-state index contributed by atoms with van der Waals surface area (Å²) in [6.07, 6.45) is 4.62. The topological polar surface area (TPSA) is 9.23 Å². The Kier molecular flexibility index (Phi) is 2.99. The van der Waals surface area contributed by atoms with Crippen molar-refractivity contribution in [3.05, 3.63) is 12.7 Å². The average molecular weight is 212 g/mol. The van der Waals surface area contributed by atoms with Crippen LogP contribution in [0.2, 0.25) is 18.1 Å². The second-order valence-electron chi connectivity index (χ2n) is 6.12. The minimum Gasteiger partial charge on any atom is -0.416 e. The molecule has 0 aliphatic heterocycles. The van der Waals surface area contributed by atoms with Crippen LogP contribution in [-0.4, -0.2) is 14.9 Å². The molecule has 0 unspecified atom stereocenters. The van der Waals surface area contributed by atoms with Crippen LogP contribution in [0.4, 0.5) is 0 Å². The van der Waals surface area contributed by atoms with Gasteiger partial charge in [-0.25, -0.2) is 0 Å². The van der Waals surface area contributed by atoms with Crippen LogP contribution < -0.4 is 0 Å². The first-order valence-corrected chi connectivity index (χ1v) is 8.41. The smallest absolute Gasteiger partial charge is 0.192 e. The van der Waals surface area contributed by atoms with E-state index >= 15 is 0 Å². The molecule has 1 fully saturated rings. The van der Waals surface area contributed by atoms with Crippen molar-refractivity contribution >= 4 is 8.32 Å². The molecule has 1 nitrogen and oxygen atoms in total. The third-order valence-corrected chi connectivity index (χ3v) is 8.33. The minimum absolute atomic E-state index is 0.324. The van der Waals surface area contributed by atoms with Crippen LogP contribution in [0.3, 0.4) is 0 Å². The van der Waals surface area contributed by atoms with E-state index in [0.717, 1.165) is 6.61 Å². The highest BCUT2D eigenvalue weighted by Crippen LogP contribution is 2.48. The Morgan fingerprint density at radius 3 is 2.14 bits per heavy atom. The van der Waals surface area contributed by atoms with Crippen molar-refractivity contribution in [2.24, 2.45) is 5.41 Å². The second-order valence-corrected chi connectivity index (χ2v) is 10.9. The molecule has 0 amide bonds. The minimum atomic E-state index is -1.54. The molecule has 82 valence electrons. The van der Waals surface area contributed by atoms with Gasteiger partial charge in [0.1, 0.15) is 0 Å². The molecule has 14 heavy (non-hydrogen) atoms. The largest absolute Gasteiger partial charge is 0.416 e. The predicted octanol–water partition coefficient (Wildman–Crippen LogP) is 3.97. The summed E-state index contributed by atoms with van der Waals surface area (Å²) < 4.78 is 6.18. The van der Waals surface area contributed by atoms with Crippen LogP contribution in [0.1, 0.15) is 33.6 Å². The Hall–Kier alpha value is -0.0831. The van der Waals surface area contributed by atoms with E-state index < -0.39 is 8.32 Å². The maximum atomic E-state index is 6.18. The number of hydrogen-bond acceptors (Lipinski definition) is 1. The summed E-state index contributed by atoms with van der Waals surface area (Å²) in [5, 5.41) is 0.324. The monoisotopic (exact) mass is 212 g/mol. The third kappa shape index (κ3) is 2.48. The molecule has 1 aliphatic carbocycles. The van der Waals surface area contributed by atoms with E-state index in [4.69, 9.17) is 4.43 Å². The lowest BCUT2D eigenvalue weighted by atomic mass is 10.1. The Morgan fingerprint density at radius 1 is 1.36 bits per heavy atom. The molecule has 1 aliphatic rings. The van der Waals surface area contributed by atoms with Crippen molar-refractivity contribution in [3.8, 4) is 0 Å². The van der Waals surface area contributed by atoms with Crippen LogP contribution in [0, 0.1) is 5.41 Å². The standard InChI is InChI=1S/C12H24OSi/c1-7-12(8-9-12)10-13-14(5,6)11(2,3)4/h7H,1,8-10H2,2-6H3. The quantitative estimate of drug-likeness (QED) is 0.506. The Bertz CT molecular complexity index is 221. The van der Waals surface area contributed by atoms with Gasteiger partial charge in [0.15, 0.2) is 8.32 Å². The second kappa shape index (κ2) is 3.49. The van der Waals surface area contributed by atoms with Crippen LogP contribution >= 0.6 is 0 Å². The lowest BCUT2D eigenvalue weighted by Crippen LogP contribution is -2.42. The van der Waals surface area contributed by atoms with E-state index in [1.807, 2.05) is 0 Å². The van der Waals surface area contributed by atoms with Crippen molar-refractivity contribution in [1.29, 1.82) is 0 Å². The molecule has 0 saturated heterocycles. The van der Waals surface area contributed by atoms with Gasteiger partial charge in [0.25, 0.3) is 0 Å². The molecule has 1 rings (SSSR count). The fraction of sp³-hybridized carbons (Fsp3) is 0.833. The Labute approximate surface area is 89.7 Å². The Morgan fingerprint density at radius 2 is 1.86 bits per heavy atom. The summed E-state index contributed by atoms with van der Waals surface area (Å²) in [6, 6.07) is 0. The zero-order chi connectivity index (χ0) is 11.0. The van der Waals surface area contributed by atoms with Gasteiger partial charge in [0.2, 0.25) is 0 Å². The zero-order valence-electron chi connectivity index (χ0n) is 10.3. The molecule has 0 radical (unpaired) electrons. The molecule has 0 heterocycles. The van der Waals surface area contributed by atoms with Gasteiger partial charge in [-0.3, -0.25) is 0 Å². The highest BCUT2D eigenvalue weighted by Gasteiger charge is 2.44. The maximum Gasteiger partial charge on any atom is 0.192 e. The summed E-state index contributed by atoms with van der Waals surface area (Å²) in [6.45, 7) is 16.3.